The van der Waals surface area contributed by atoms with Gasteiger partial charge in [-0.1, -0.05) is 35.1 Å². The van der Waals surface area contributed by atoms with E-state index in [4.69, 9.17) is 14.0 Å². The smallest absolute Gasteiger partial charge is 0.294 e. The number of nitrogens with zero attached hydrogens (tertiary/aromatic N) is 3. The van der Waals surface area contributed by atoms with Gasteiger partial charge in [-0.3, -0.25) is 9.78 Å². The van der Waals surface area contributed by atoms with Crippen LogP contribution in [0, 0.1) is 6.92 Å². The molecule has 1 aromatic carbocycles. The standard InChI is InChI=1S/C19H20N4O4S/c1-12-21-17(23-27-12)14-6-4-5-13(9-14)11-28-19-20-10-15(18(24)22-19)26-16-7-2-3-8-25-16/h4-6,9-10,16H,2-3,7-8,11H2,1H3,(H,20,22,24). The Balaban J connectivity index is 1.39. The maximum absolute atomic E-state index is 12.3. The molecule has 1 fully saturated rings. The second-order valence-electron chi connectivity index (χ2n) is 6.42. The summed E-state index contributed by atoms with van der Waals surface area (Å²) in [6.45, 7) is 2.42. The number of aromatic amines is 1. The molecule has 1 aliphatic rings. The lowest BCUT2D eigenvalue weighted by Crippen LogP contribution is -2.27. The molecule has 1 saturated heterocycles. The van der Waals surface area contributed by atoms with Crippen LogP contribution in [0.5, 0.6) is 5.75 Å². The highest BCUT2D eigenvalue weighted by molar-refractivity contribution is 7.98. The summed E-state index contributed by atoms with van der Waals surface area (Å²) in [5.41, 5.74) is 1.64. The van der Waals surface area contributed by atoms with Crippen LogP contribution in [0.15, 0.2) is 44.9 Å². The summed E-state index contributed by atoms with van der Waals surface area (Å²) < 4.78 is 16.1. The first-order valence-corrected chi connectivity index (χ1v) is 10.1. The van der Waals surface area contributed by atoms with Crippen LogP contribution in [-0.4, -0.2) is 33.0 Å². The summed E-state index contributed by atoms with van der Waals surface area (Å²) >= 11 is 1.43. The van der Waals surface area contributed by atoms with Crippen molar-refractivity contribution in [1.29, 1.82) is 0 Å². The lowest BCUT2D eigenvalue weighted by atomic mass is 10.1. The fourth-order valence-electron chi connectivity index (χ4n) is 2.84. The van der Waals surface area contributed by atoms with Gasteiger partial charge >= 0.3 is 0 Å². The van der Waals surface area contributed by atoms with Crippen molar-refractivity contribution in [3.05, 3.63) is 52.3 Å². The highest BCUT2D eigenvalue weighted by Crippen LogP contribution is 2.23. The van der Waals surface area contributed by atoms with Gasteiger partial charge in [0, 0.05) is 24.7 Å². The fourth-order valence-corrected chi connectivity index (χ4v) is 3.61. The summed E-state index contributed by atoms with van der Waals surface area (Å²) in [7, 11) is 0. The van der Waals surface area contributed by atoms with E-state index in [1.54, 1.807) is 6.92 Å². The van der Waals surface area contributed by atoms with Gasteiger partial charge in [-0.2, -0.15) is 4.98 Å². The fraction of sp³-hybridized carbons (Fsp3) is 0.368. The first kappa shape index (κ1) is 18.7. The van der Waals surface area contributed by atoms with Gasteiger partial charge in [0.25, 0.3) is 5.56 Å². The van der Waals surface area contributed by atoms with E-state index >= 15 is 0 Å². The number of benzene rings is 1. The minimum atomic E-state index is -0.369. The van der Waals surface area contributed by atoms with Gasteiger partial charge in [0.1, 0.15) is 0 Å². The molecular weight excluding hydrogens is 380 g/mol. The average Bonchev–Trinajstić information content (AvgIpc) is 3.16. The van der Waals surface area contributed by atoms with Gasteiger partial charge in [-0.25, -0.2) is 4.98 Å². The van der Waals surface area contributed by atoms with Crippen molar-refractivity contribution < 1.29 is 14.0 Å². The van der Waals surface area contributed by atoms with Crippen molar-refractivity contribution in [3.63, 3.8) is 0 Å². The quantitative estimate of drug-likeness (QED) is 0.496. The number of aryl methyl sites for hydroxylation is 1. The summed E-state index contributed by atoms with van der Waals surface area (Å²) in [6, 6.07) is 7.86. The molecule has 3 heterocycles. The second-order valence-corrected chi connectivity index (χ2v) is 7.39. The van der Waals surface area contributed by atoms with Crippen molar-refractivity contribution in [1.82, 2.24) is 20.1 Å². The van der Waals surface area contributed by atoms with Crippen molar-refractivity contribution >= 4 is 11.8 Å². The summed E-state index contributed by atoms with van der Waals surface area (Å²) in [5.74, 6) is 1.91. The van der Waals surface area contributed by atoms with Crippen LogP contribution < -0.4 is 10.3 Å². The number of thioether (sulfide) groups is 1. The maximum atomic E-state index is 12.3. The van der Waals surface area contributed by atoms with Gasteiger partial charge in [-0.05, 0) is 24.5 Å². The molecule has 3 aromatic rings. The van der Waals surface area contributed by atoms with E-state index in [-0.39, 0.29) is 17.6 Å². The van der Waals surface area contributed by atoms with Crippen LogP contribution in [-0.2, 0) is 10.5 Å². The minimum absolute atomic E-state index is 0.186. The van der Waals surface area contributed by atoms with Gasteiger partial charge in [-0.15, -0.1) is 0 Å². The van der Waals surface area contributed by atoms with E-state index in [9.17, 15) is 4.79 Å². The van der Waals surface area contributed by atoms with Gasteiger partial charge < -0.3 is 14.0 Å². The molecule has 1 aliphatic heterocycles. The monoisotopic (exact) mass is 400 g/mol. The topological polar surface area (TPSA) is 103 Å². The molecule has 1 atom stereocenters. The summed E-state index contributed by atoms with van der Waals surface area (Å²) in [4.78, 5) is 23.5. The van der Waals surface area contributed by atoms with Crippen LogP contribution in [0.1, 0.15) is 30.7 Å². The Hall–Kier alpha value is -2.65. The van der Waals surface area contributed by atoms with Crippen molar-refractivity contribution in [2.75, 3.05) is 6.61 Å². The molecule has 2 aromatic heterocycles. The molecule has 4 rings (SSSR count). The lowest BCUT2D eigenvalue weighted by molar-refractivity contribution is -0.106. The number of rotatable bonds is 6. The molecule has 8 nitrogen and oxygen atoms in total. The van der Waals surface area contributed by atoms with E-state index in [2.05, 4.69) is 20.1 Å². The molecule has 9 heteroatoms. The highest BCUT2D eigenvalue weighted by Gasteiger charge is 2.17. The minimum Gasteiger partial charge on any atom is -0.458 e. The van der Waals surface area contributed by atoms with E-state index in [1.807, 2.05) is 24.3 Å². The zero-order valence-corrected chi connectivity index (χ0v) is 16.2. The molecule has 0 radical (unpaired) electrons. The molecular formula is C19H20N4O4S. The molecule has 0 spiro atoms. The number of nitrogens with one attached hydrogen (secondary N) is 1. The van der Waals surface area contributed by atoms with E-state index < -0.39 is 0 Å². The molecule has 0 amide bonds. The van der Waals surface area contributed by atoms with Gasteiger partial charge in [0.05, 0.1) is 12.8 Å². The SMILES string of the molecule is Cc1nc(-c2cccc(CSc3ncc(OC4CCCCO4)c(=O)[nH]3)c2)no1. The third-order valence-electron chi connectivity index (χ3n) is 4.23. The van der Waals surface area contributed by atoms with E-state index in [0.29, 0.717) is 29.2 Å². The van der Waals surface area contributed by atoms with E-state index in [0.717, 1.165) is 30.4 Å². The Morgan fingerprint density at radius 3 is 3.04 bits per heavy atom. The Labute approximate surface area is 165 Å². The van der Waals surface area contributed by atoms with Crippen LogP contribution in [0.25, 0.3) is 11.4 Å². The Bertz CT molecular complexity index is 997. The lowest BCUT2D eigenvalue weighted by Gasteiger charge is -2.22. The van der Waals surface area contributed by atoms with Crippen LogP contribution in [0.4, 0.5) is 0 Å². The first-order chi connectivity index (χ1) is 13.7. The molecule has 0 aliphatic carbocycles. The van der Waals surface area contributed by atoms with Crippen molar-refractivity contribution in [2.45, 2.75) is 43.4 Å². The van der Waals surface area contributed by atoms with Gasteiger partial charge in [0.15, 0.2) is 11.4 Å². The molecule has 0 bridgehead atoms. The average molecular weight is 400 g/mol. The van der Waals surface area contributed by atoms with Crippen LogP contribution >= 0.6 is 11.8 Å². The summed E-state index contributed by atoms with van der Waals surface area (Å²) in [6.07, 6.45) is 3.93. The zero-order valence-electron chi connectivity index (χ0n) is 15.4. The second kappa shape index (κ2) is 8.57. The highest BCUT2D eigenvalue weighted by atomic mass is 32.2. The van der Waals surface area contributed by atoms with Crippen molar-refractivity contribution in [3.8, 4) is 17.1 Å². The first-order valence-electron chi connectivity index (χ1n) is 9.07. The Morgan fingerprint density at radius 1 is 1.36 bits per heavy atom. The number of hydrogen-bond donors (Lipinski definition) is 1. The molecule has 146 valence electrons. The third kappa shape index (κ3) is 4.60. The molecule has 1 unspecified atom stereocenters. The number of aromatic nitrogens is 4. The van der Waals surface area contributed by atoms with Gasteiger partial charge in [0.2, 0.25) is 17.5 Å². The predicted octanol–water partition coefficient (Wildman–Crippen LogP) is 3.33. The third-order valence-corrected chi connectivity index (χ3v) is 5.19. The number of H-pyrrole nitrogens is 1. The van der Waals surface area contributed by atoms with E-state index in [1.165, 1.54) is 18.0 Å². The van der Waals surface area contributed by atoms with Crippen LogP contribution in [0.2, 0.25) is 0 Å². The van der Waals surface area contributed by atoms with Crippen molar-refractivity contribution in [2.24, 2.45) is 0 Å². The largest absolute Gasteiger partial charge is 0.458 e. The normalized spacial score (nSPS) is 16.8. The number of hydrogen-bond acceptors (Lipinski definition) is 8. The molecule has 28 heavy (non-hydrogen) atoms. The zero-order chi connectivity index (χ0) is 19.3. The van der Waals surface area contributed by atoms with Crippen LogP contribution in [0.3, 0.4) is 0 Å². The number of ether oxygens (including phenoxy) is 2. The Kier molecular flexibility index (Phi) is 5.73. The molecule has 0 saturated carbocycles. The summed E-state index contributed by atoms with van der Waals surface area (Å²) in [5, 5.41) is 4.47. The maximum Gasteiger partial charge on any atom is 0.294 e. The molecule has 1 N–H and O–H groups in total. The Morgan fingerprint density at radius 2 is 2.29 bits per heavy atom. The predicted molar refractivity (Wildman–Crippen MR) is 103 cm³/mol.